The number of aliphatic carboxylic acids is 1. The Morgan fingerprint density at radius 3 is 2.70 bits per heavy atom. The van der Waals surface area contributed by atoms with Gasteiger partial charge in [0.25, 0.3) is 5.91 Å². The Labute approximate surface area is 118 Å². The van der Waals surface area contributed by atoms with Crippen molar-refractivity contribution in [3.8, 4) is 0 Å². The van der Waals surface area contributed by atoms with Crippen molar-refractivity contribution in [1.82, 2.24) is 4.90 Å². The van der Waals surface area contributed by atoms with Gasteiger partial charge in [0.05, 0.1) is 0 Å². The van der Waals surface area contributed by atoms with Crippen molar-refractivity contribution in [2.75, 3.05) is 12.9 Å². The van der Waals surface area contributed by atoms with Crippen molar-refractivity contribution in [3.05, 3.63) is 11.3 Å². The van der Waals surface area contributed by atoms with Gasteiger partial charge in [-0.05, 0) is 0 Å². The van der Waals surface area contributed by atoms with Gasteiger partial charge < -0.3 is 14.6 Å². The number of carbonyl (C=O) groups is 3. The van der Waals surface area contributed by atoms with Crippen LogP contribution in [0.5, 0.6) is 0 Å². The first-order valence-corrected chi connectivity index (χ1v) is 6.80. The molecule has 0 aliphatic carbocycles. The van der Waals surface area contributed by atoms with Gasteiger partial charge >= 0.3 is 11.9 Å². The molecule has 8 nitrogen and oxygen atoms in total. The number of hydrogen-bond donors (Lipinski definition) is 2. The molecule has 1 unspecified atom stereocenters. The second kappa shape index (κ2) is 5.43. The van der Waals surface area contributed by atoms with Gasteiger partial charge in [0.1, 0.15) is 11.1 Å². The van der Waals surface area contributed by atoms with Gasteiger partial charge in [-0.1, -0.05) is 0 Å². The van der Waals surface area contributed by atoms with E-state index in [9.17, 15) is 19.5 Å². The van der Waals surface area contributed by atoms with Gasteiger partial charge in [0.15, 0.2) is 12.3 Å². The summed E-state index contributed by atoms with van der Waals surface area (Å²) in [6.45, 7) is 1.18. The number of ether oxygens (including phenoxy) is 2. The van der Waals surface area contributed by atoms with E-state index in [1.54, 1.807) is 0 Å². The van der Waals surface area contributed by atoms with Crippen LogP contribution in [0.4, 0.5) is 0 Å². The molecule has 1 fully saturated rings. The standard InChI is InChI=1S/C11H14N2O6S/c1-4(14)19-8(12)5-3-20-10-7(18-2)9(15)13(10)6(5)11(16)17/h7-8,10H,3,12H2,1-2H3,(H,16,17)/t7-,8?,10-/m1/s1. The monoisotopic (exact) mass is 302 g/mol. The highest BCUT2D eigenvalue weighted by Crippen LogP contribution is 2.41. The number of amides is 1. The lowest BCUT2D eigenvalue weighted by atomic mass is 10.0. The van der Waals surface area contributed by atoms with Gasteiger partial charge in [-0.15, -0.1) is 11.8 Å². The van der Waals surface area contributed by atoms with E-state index in [1.807, 2.05) is 0 Å². The van der Waals surface area contributed by atoms with Crippen molar-refractivity contribution < 1.29 is 29.0 Å². The highest BCUT2D eigenvalue weighted by Gasteiger charge is 2.54. The summed E-state index contributed by atoms with van der Waals surface area (Å²) in [7, 11) is 1.39. The van der Waals surface area contributed by atoms with E-state index < -0.39 is 30.2 Å². The Morgan fingerprint density at radius 2 is 2.20 bits per heavy atom. The molecule has 0 bridgehead atoms. The topological polar surface area (TPSA) is 119 Å². The fourth-order valence-electron chi connectivity index (χ4n) is 2.16. The van der Waals surface area contributed by atoms with E-state index in [4.69, 9.17) is 15.2 Å². The van der Waals surface area contributed by atoms with Crippen LogP contribution in [0.2, 0.25) is 0 Å². The lowest BCUT2D eigenvalue weighted by molar-refractivity contribution is -0.162. The Bertz CT molecular complexity index is 505. The van der Waals surface area contributed by atoms with Crippen LogP contribution in [-0.2, 0) is 23.9 Å². The Morgan fingerprint density at radius 1 is 1.55 bits per heavy atom. The number of β-lactam (4-membered cyclic amide) rings is 1. The summed E-state index contributed by atoms with van der Waals surface area (Å²) in [6, 6.07) is 0. The molecule has 0 saturated carbocycles. The minimum atomic E-state index is -1.28. The summed E-state index contributed by atoms with van der Waals surface area (Å²) < 4.78 is 9.81. The molecular formula is C11H14N2O6S. The van der Waals surface area contributed by atoms with Crippen LogP contribution in [0.1, 0.15) is 6.92 Å². The Balaban J connectivity index is 2.33. The van der Waals surface area contributed by atoms with Crippen LogP contribution in [0.3, 0.4) is 0 Å². The summed E-state index contributed by atoms with van der Waals surface area (Å²) in [6.07, 6.45) is -1.83. The molecule has 2 rings (SSSR count). The van der Waals surface area contributed by atoms with E-state index in [0.29, 0.717) is 0 Å². The predicted molar refractivity (Wildman–Crippen MR) is 68.3 cm³/mol. The van der Waals surface area contributed by atoms with Crippen LogP contribution in [0.15, 0.2) is 11.3 Å². The molecule has 2 aliphatic heterocycles. The molecule has 2 heterocycles. The zero-order chi connectivity index (χ0) is 15.0. The Kier molecular flexibility index (Phi) is 4.02. The summed E-state index contributed by atoms with van der Waals surface area (Å²) >= 11 is 1.32. The van der Waals surface area contributed by atoms with E-state index in [-0.39, 0.29) is 22.4 Å². The quantitative estimate of drug-likeness (QED) is 0.390. The molecule has 0 aromatic heterocycles. The Hall–Kier alpha value is -1.58. The second-order valence-corrected chi connectivity index (χ2v) is 5.38. The number of nitrogens with two attached hydrogens (primary N) is 1. The SMILES string of the molecule is CO[C@@H]1C(=O)N2C(C(=O)O)=C(C(N)OC(C)=O)CS[C@H]12. The van der Waals surface area contributed by atoms with Crippen molar-refractivity contribution in [2.45, 2.75) is 24.6 Å². The second-order valence-electron chi connectivity index (χ2n) is 4.28. The first-order chi connectivity index (χ1) is 9.38. The zero-order valence-corrected chi connectivity index (χ0v) is 11.7. The average molecular weight is 302 g/mol. The zero-order valence-electron chi connectivity index (χ0n) is 10.9. The van der Waals surface area contributed by atoms with Gasteiger partial charge in [-0.3, -0.25) is 20.2 Å². The molecule has 3 atom stereocenters. The molecule has 0 aromatic carbocycles. The van der Waals surface area contributed by atoms with Crippen molar-refractivity contribution in [1.29, 1.82) is 0 Å². The highest BCUT2D eigenvalue weighted by molar-refractivity contribution is 8.00. The first-order valence-electron chi connectivity index (χ1n) is 5.75. The van der Waals surface area contributed by atoms with Gasteiger partial charge in [-0.2, -0.15) is 0 Å². The third kappa shape index (κ3) is 2.28. The number of carboxylic acids is 1. The summed E-state index contributed by atoms with van der Waals surface area (Å²) in [5.41, 5.74) is 5.66. The lowest BCUT2D eigenvalue weighted by Crippen LogP contribution is -2.66. The molecule has 1 amide bonds. The number of fused-ring (bicyclic) bond motifs is 1. The number of carbonyl (C=O) groups excluding carboxylic acids is 2. The fourth-order valence-corrected chi connectivity index (χ4v) is 3.57. The maximum Gasteiger partial charge on any atom is 0.352 e. The molecule has 0 radical (unpaired) electrons. The average Bonchev–Trinajstić information content (AvgIpc) is 2.36. The smallest absolute Gasteiger partial charge is 0.352 e. The molecule has 110 valence electrons. The van der Waals surface area contributed by atoms with Gasteiger partial charge in [0, 0.05) is 25.4 Å². The predicted octanol–water partition coefficient (Wildman–Crippen LogP) is -0.897. The van der Waals surface area contributed by atoms with Gasteiger partial charge in [0.2, 0.25) is 0 Å². The number of rotatable bonds is 4. The highest BCUT2D eigenvalue weighted by atomic mass is 32.2. The molecule has 2 aliphatic rings. The summed E-state index contributed by atoms with van der Waals surface area (Å²) in [5, 5.41) is 8.91. The maximum atomic E-state index is 11.9. The number of methoxy groups -OCH3 is 1. The summed E-state index contributed by atoms with van der Waals surface area (Å²) in [5.74, 6) is -2.08. The number of hydrogen-bond acceptors (Lipinski definition) is 7. The van der Waals surface area contributed by atoms with E-state index in [1.165, 1.54) is 25.8 Å². The van der Waals surface area contributed by atoms with Crippen molar-refractivity contribution in [3.63, 3.8) is 0 Å². The van der Waals surface area contributed by atoms with Crippen molar-refractivity contribution >= 4 is 29.6 Å². The number of carboxylic acid groups (broad SMARTS) is 1. The number of thioether (sulfide) groups is 1. The molecule has 0 aromatic rings. The third-order valence-corrected chi connectivity index (χ3v) is 4.32. The number of esters is 1. The molecule has 0 spiro atoms. The molecule has 20 heavy (non-hydrogen) atoms. The van der Waals surface area contributed by atoms with E-state index >= 15 is 0 Å². The van der Waals surface area contributed by atoms with Crippen LogP contribution in [0.25, 0.3) is 0 Å². The lowest BCUT2D eigenvalue weighted by Gasteiger charge is -2.48. The largest absolute Gasteiger partial charge is 0.477 e. The number of nitrogens with zero attached hydrogens (tertiary/aromatic N) is 1. The van der Waals surface area contributed by atoms with Crippen LogP contribution < -0.4 is 5.73 Å². The molecule has 1 saturated heterocycles. The van der Waals surface area contributed by atoms with Gasteiger partial charge in [-0.25, -0.2) is 4.79 Å². The molecule has 9 heteroatoms. The molecule has 3 N–H and O–H groups in total. The minimum Gasteiger partial charge on any atom is -0.477 e. The molecular weight excluding hydrogens is 288 g/mol. The minimum absolute atomic E-state index is 0.205. The van der Waals surface area contributed by atoms with E-state index in [2.05, 4.69) is 0 Å². The third-order valence-electron chi connectivity index (χ3n) is 3.04. The summed E-state index contributed by atoms with van der Waals surface area (Å²) in [4.78, 5) is 35.3. The first kappa shape index (κ1) is 14.8. The van der Waals surface area contributed by atoms with Crippen molar-refractivity contribution in [2.24, 2.45) is 5.73 Å². The van der Waals surface area contributed by atoms with E-state index in [0.717, 1.165) is 4.90 Å². The maximum absolute atomic E-state index is 11.9. The van der Waals surface area contributed by atoms with Crippen LogP contribution in [0, 0.1) is 0 Å². The normalized spacial score (nSPS) is 26.8. The van der Waals surface area contributed by atoms with Crippen LogP contribution in [-0.4, -0.2) is 58.4 Å². The van der Waals surface area contributed by atoms with Crippen LogP contribution >= 0.6 is 11.8 Å². The fraction of sp³-hybridized carbons (Fsp3) is 0.545.